The third kappa shape index (κ3) is 6.78. The molecule has 0 aromatic heterocycles. The molecule has 2 N–H and O–H groups in total. The Labute approximate surface area is 206 Å². The number of hydrogen-bond donors (Lipinski definition) is 2. The van der Waals surface area contributed by atoms with Crippen LogP contribution in [0.25, 0.3) is 6.08 Å². The quantitative estimate of drug-likeness (QED) is 0.438. The van der Waals surface area contributed by atoms with Crippen molar-refractivity contribution in [3.63, 3.8) is 0 Å². The van der Waals surface area contributed by atoms with E-state index in [4.69, 9.17) is 21.7 Å². The second-order valence-electron chi connectivity index (χ2n) is 7.73. The lowest BCUT2D eigenvalue weighted by Gasteiger charge is -2.20. The molecule has 0 bridgehead atoms. The number of hydrogen-bond acceptors (Lipinski definition) is 6. The number of anilines is 1. The number of nitrogens with one attached hydrogen (secondary N) is 2. The fourth-order valence-corrected chi connectivity index (χ4v) is 5.32. The average molecular weight is 504 g/mol. The zero-order valence-corrected chi connectivity index (χ0v) is 20.9. The van der Waals surface area contributed by atoms with Crippen molar-refractivity contribution in [2.24, 2.45) is 0 Å². The Kier molecular flexibility index (Phi) is 9.03. The number of carbonyl (C=O) groups excluding carboxylic acids is 1. The van der Waals surface area contributed by atoms with E-state index >= 15 is 0 Å². The van der Waals surface area contributed by atoms with Gasteiger partial charge in [0, 0.05) is 24.9 Å². The normalized spacial score (nSPS) is 14.9. The minimum atomic E-state index is -3.52. The summed E-state index contributed by atoms with van der Waals surface area (Å²) in [5.74, 6) is 0.746. The fourth-order valence-electron chi connectivity index (χ4n) is 3.59. The fraction of sp³-hybridized carbons (Fsp3) is 0.333. The SMILES string of the molecule is COc1ccc(C=CC(=O)NC(=S)Nc2ccc(S(=O)(=O)N3CCCCCC3)cc2)cc1OC. The van der Waals surface area contributed by atoms with Gasteiger partial charge in [-0.2, -0.15) is 4.31 Å². The zero-order chi connectivity index (χ0) is 24.6. The summed E-state index contributed by atoms with van der Waals surface area (Å²) in [5.41, 5.74) is 1.33. The molecular formula is C24H29N3O5S2. The Morgan fingerprint density at radius 2 is 1.62 bits per heavy atom. The molecule has 2 aromatic rings. The van der Waals surface area contributed by atoms with Crippen molar-refractivity contribution in [2.75, 3.05) is 32.6 Å². The lowest BCUT2D eigenvalue weighted by Crippen LogP contribution is -2.33. The highest BCUT2D eigenvalue weighted by Crippen LogP contribution is 2.28. The van der Waals surface area contributed by atoms with Crippen molar-refractivity contribution in [2.45, 2.75) is 30.6 Å². The van der Waals surface area contributed by atoms with Gasteiger partial charge in [0.05, 0.1) is 19.1 Å². The average Bonchev–Trinajstić information content (AvgIpc) is 3.13. The summed E-state index contributed by atoms with van der Waals surface area (Å²) < 4.78 is 37.8. The lowest BCUT2D eigenvalue weighted by atomic mass is 10.2. The van der Waals surface area contributed by atoms with Crippen molar-refractivity contribution >= 4 is 45.0 Å². The van der Waals surface area contributed by atoms with Crippen molar-refractivity contribution < 1.29 is 22.7 Å². The first kappa shape index (κ1) is 25.7. The minimum absolute atomic E-state index is 0.102. The molecule has 0 radical (unpaired) electrons. The topological polar surface area (TPSA) is 97.0 Å². The van der Waals surface area contributed by atoms with Crippen LogP contribution in [-0.2, 0) is 14.8 Å². The van der Waals surface area contributed by atoms with E-state index in [1.54, 1.807) is 67.1 Å². The summed E-state index contributed by atoms with van der Waals surface area (Å²) >= 11 is 5.20. The van der Waals surface area contributed by atoms with Crippen LogP contribution in [0.3, 0.4) is 0 Å². The number of benzene rings is 2. The van der Waals surface area contributed by atoms with Crippen molar-refractivity contribution in [3.8, 4) is 11.5 Å². The molecular weight excluding hydrogens is 474 g/mol. The summed E-state index contributed by atoms with van der Waals surface area (Å²) in [6.45, 7) is 1.10. The van der Waals surface area contributed by atoms with Crippen LogP contribution in [0.1, 0.15) is 31.2 Å². The maximum absolute atomic E-state index is 12.9. The van der Waals surface area contributed by atoms with Gasteiger partial charge >= 0.3 is 0 Å². The van der Waals surface area contributed by atoms with E-state index in [0.717, 1.165) is 31.2 Å². The number of methoxy groups -OCH3 is 2. The largest absolute Gasteiger partial charge is 0.493 e. The van der Waals surface area contributed by atoms with Crippen LogP contribution < -0.4 is 20.1 Å². The number of nitrogens with zero attached hydrogens (tertiary/aromatic N) is 1. The van der Waals surface area contributed by atoms with Gasteiger partial charge in [0.25, 0.3) is 0 Å². The third-order valence-electron chi connectivity index (χ3n) is 5.39. The van der Waals surface area contributed by atoms with E-state index in [-0.39, 0.29) is 10.0 Å². The Bertz CT molecular complexity index is 1140. The molecule has 1 heterocycles. The van der Waals surface area contributed by atoms with Gasteiger partial charge in [0.1, 0.15) is 0 Å². The summed E-state index contributed by atoms with van der Waals surface area (Å²) in [7, 11) is -0.422. The molecule has 1 saturated heterocycles. The highest BCUT2D eigenvalue weighted by molar-refractivity contribution is 7.89. The number of thiocarbonyl (C=S) groups is 1. The first-order valence-corrected chi connectivity index (χ1v) is 12.8. The van der Waals surface area contributed by atoms with Gasteiger partial charge in [0.15, 0.2) is 16.6 Å². The molecule has 8 nitrogen and oxygen atoms in total. The Morgan fingerprint density at radius 3 is 2.24 bits per heavy atom. The molecule has 0 aliphatic carbocycles. The smallest absolute Gasteiger partial charge is 0.250 e. The van der Waals surface area contributed by atoms with Gasteiger partial charge in [0.2, 0.25) is 15.9 Å². The summed E-state index contributed by atoms with van der Waals surface area (Å²) in [6.07, 6.45) is 6.86. The van der Waals surface area contributed by atoms with E-state index < -0.39 is 15.9 Å². The molecule has 182 valence electrons. The van der Waals surface area contributed by atoms with Gasteiger partial charge in [-0.05, 0) is 73.1 Å². The molecule has 2 aromatic carbocycles. The molecule has 0 atom stereocenters. The van der Waals surface area contributed by atoms with E-state index in [2.05, 4.69) is 10.6 Å². The molecule has 1 amide bonds. The standard InChI is InChI=1S/C24H29N3O5S2/c1-31-21-13-7-18(17-22(21)32-2)8-14-23(28)26-24(33)25-19-9-11-20(12-10-19)34(29,30)27-15-5-3-4-6-16-27/h7-14,17H,3-6,15-16H2,1-2H3,(H2,25,26,28,33). The number of ether oxygens (including phenoxy) is 2. The molecule has 3 rings (SSSR count). The molecule has 34 heavy (non-hydrogen) atoms. The number of sulfonamides is 1. The predicted octanol–water partition coefficient (Wildman–Crippen LogP) is 3.79. The van der Waals surface area contributed by atoms with Gasteiger partial charge in [-0.15, -0.1) is 0 Å². The Morgan fingerprint density at radius 1 is 0.971 bits per heavy atom. The monoisotopic (exact) mass is 503 g/mol. The van der Waals surface area contributed by atoms with Crippen LogP contribution in [0.2, 0.25) is 0 Å². The van der Waals surface area contributed by atoms with Gasteiger partial charge in [-0.25, -0.2) is 8.42 Å². The van der Waals surface area contributed by atoms with E-state index in [9.17, 15) is 13.2 Å². The van der Waals surface area contributed by atoms with Crippen LogP contribution in [0, 0.1) is 0 Å². The summed E-state index contributed by atoms with van der Waals surface area (Å²) in [4.78, 5) is 12.5. The van der Waals surface area contributed by atoms with Crippen molar-refractivity contribution in [1.29, 1.82) is 0 Å². The van der Waals surface area contributed by atoms with Crippen LogP contribution >= 0.6 is 12.2 Å². The number of amides is 1. The molecule has 0 spiro atoms. The second-order valence-corrected chi connectivity index (χ2v) is 10.1. The lowest BCUT2D eigenvalue weighted by molar-refractivity contribution is -0.115. The predicted molar refractivity (Wildman–Crippen MR) is 137 cm³/mol. The van der Waals surface area contributed by atoms with E-state index in [0.29, 0.717) is 30.3 Å². The first-order valence-electron chi connectivity index (χ1n) is 11.0. The molecule has 1 fully saturated rings. The molecule has 0 saturated carbocycles. The van der Waals surface area contributed by atoms with Crippen LogP contribution in [0.15, 0.2) is 53.4 Å². The van der Waals surface area contributed by atoms with E-state index in [1.807, 2.05) is 0 Å². The van der Waals surface area contributed by atoms with E-state index in [1.165, 1.54) is 6.08 Å². The van der Waals surface area contributed by atoms with Crippen LogP contribution in [-0.4, -0.2) is 51.1 Å². The number of rotatable bonds is 7. The maximum Gasteiger partial charge on any atom is 0.250 e. The highest BCUT2D eigenvalue weighted by atomic mass is 32.2. The zero-order valence-electron chi connectivity index (χ0n) is 19.2. The van der Waals surface area contributed by atoms with Crippen molar-refractivity contribution in [3.05, 3.63) is 54.1 Å². The van der Waals surface area contributed by atoms with Crippen LogP contribution in [0.5, 0.6) is 11.5 Å². The highest BCUT2D eigenvalue weighted by Gasteiger charge is 2.24. The molecule has 1 aliphatic rings. The van der Waals surface area contributed by atoms with Crippen molar-refractivity contribution in [1.82, 2.24) is 9.62 Å². The third-order valence-corrected chi connectivity index (χ3v) is 7.50. The summed E-state index contributed by atoms with van der Waals surface area (Å²) in [5, 5.41) is 5.56. The van der Waals surface area contributed by atoms with Gasteiger partial charge < -0.3 is 14.8 Å². The molecule has 10 heteroatoms. The van der Waals surface area contributed by atoms with Gasteiger partial charge in [-0.1, -0.05) is 18.9 Å². The van der Waals surface area contributed by atoms with Crippen LogP contribution in [0.4, 0.5) is 5.69 Å². The summed E-state index contributed by atoms with van der Waals surface area (Å²) in [6, 6.07) is 11.6. The Balaban J connectivity index is 1.56. The number of carbonyl (C=O) groups is 1. The minimum Gasteiger partial charge on any atom is -0.493 e. The maximum atomic E-state index is 12.9. The molecule has 1 aliphatic heterocycles. The Hall–Kier alpha value is -2.95. The first-order chi connectivity index (χ1) is 16.3. The van der Waals surface area contributed by atoms with Gasteiger partial charge in [-0.3, -0.25) is 10.1 Å². The molecule has 0 unspecified atom stereocenters. The second kappa shape index (κ2) is 12.0.